The van der Waals surface area contributed by atoms with Gasteiger partial charge in [0.15, 0.2) is 17.4 Å². The van der Waals surface area contributed by atoms with Crippen LogP contribution in [0.5, 0.6) is 0 Å². The van der Waals surface area contributed by atoms with Crippen LogP contribution in [0.3, 0.4) is 0 Å². The Kier molecular flexibility index (Phi) is 134. The largest absolute Gasteiger partial charge is 0 e. The average Bonchev–Trinajstić information content (AvgIpc) is 1.00. The number of hydrogen-bond acceptors (Lipinski definition) is 0. The first-order valence-electron chi connectivity index (χ1n) is 0.577. The molecule has 0 aromatic rings. The zero-order valence-electron chi connectivity index (χ0n) is 2.49. The van der Waals surface area contributed by atoms with Crippen LogP contribution in [0.15, 0.2) is 0 Å². The van der Waals surface area contributed by atoms with Crippen LogP contribution < -0.4 is 0 Å². The monoisotopic (exact) mass is 250 g/mol. The molecule has 0 radical (unpaired) electrons. The minimum atomic E-state index is 0. The SMILES string of the molecule is [AlH3].[Cr].[SiH3][Y].[Ti]. The van der Waals surface area contributed by atoms with Gasteiger partial charge in [0, 0.05) is 39.1 Å². The van der Waals surface area contributed by atoms with E-state index in [0.717, 1.165) is 0 Å². The minimum Gasteiger partial charge on any atom is 0 e. The van der Waals surface area contributed by atoms with Crippen molar-refractivity contribution in [3.05, 3.63) is 0 Å². The van der Waals surface area contributed by atoms with Crippen molar-refractivity contribution in [1.82, 2.24) is 0 Å². The summed E-state index contributed by atoms with van der Waals surface area (Å²) in [5.74, 6) is 0. The Morgan fingerprint density at radius 2 is 1.20 bits per heavy atom. The first-order valence-corrected chi connectivity index (χ1v) is 10.2. The van der Waals surface area contributed by atoms with Gasteiger partial charge in [-0.15, -0.1) is 0 Å². The first-order chi connectivity index (χ1) is 1.00. The molecule has 0 rings (SSSR count). The maximum atomic E-state index is 1.49. The second-order valence-electron chi connectivity index (χ2n) is 0. The molecule has 26 valence electrons. The van der Waals surface area contributed by atoms with Crippen molar-refractivity contribution in [3.8, 4) is 0 Å². The summed E-state index contributed by atoms with van der Waals surface area (Å²) in [6.45, 7) is 0. The van der Waals surface area contributed by atoms with Gasteiger partial charge in [-0.25, -0.2) is 0 Å². The van der Waals surface area contributed by atoms with Crippen molar-refractivity contribution in [2.75, 3.05) is 0 Å². The summed E-state index contributed by atoms with van der Waals surface area (Å²) in [5, 5.41) is 0. The first kappa shape index (κ1) is 24.3. The molecule has 0 unspecified atom stereocenters. The van der Waals surface area contributed by atoms with E-state index in [0.29, 0.717) is 0 Å². The van der Waals surface area contributed by atoms with E-state index in [4.69, 9.17) is 0 Å². The van der Waals surface area contributed by atoms with Crippen LogP contribution in [0, 0.1) is 0 Å². The van der Waals surface area contributed by atoms with Gasteiger partial charge in [-0.05, 0) is 0 Å². The number of rotatable bonds is 0. The molecule has 0 saturated heterocycles. The van der Waals surface area contributed by atoms with E-state index in [9.17, 15) is 0 Å². The molecule has 0 fully saturated rings. The van der Waals surface area contributed by atoms with Crippen molar-refractivity contribution in [2.45, 2.75) is 0 Å². The molecule has 5 heteroatoms. The van der Waals surface area contributed by atoms with E-state index in [1.807, 2.05) is 0 Å². The molecule has 0 aliphatic rings. The fourth-order valence-corrected chi connectivity index (χ4v) is 0. The molecule has 0 spiro atoms. The van der Waals surface area contributed by atoms with Gasteiger partial charge in [-0.3, -0.25) is 0 Å². The third kappa shape index (κ3) is 19.2. The molecular weight excluding hydrogens is 244 g/mol. The van der Waals surface area contributed by atoms with Gasteiger partial charge >= 0.3 is 36.2 Å². The fourth-order valence-electron chi connectivity index (χ4n) is 0. The van der Waals surface area contributed by atoms with Crippen molar-refractivity contribution in [2.24, 2.45) is 0 Å². The smallest absolute Gasteiger partial charge is 0 e. The van der Waals surface area contributed by atoms with Gasteiger partial charge < -0.3 is 0 Å². The zero-order valence-corrected chi connectivity index (χ0v) is 10.2. The Hall–Kier alpha value is 3.10. The maximum Gasteiger partial charge on any atom is 0 e. The standard InChI is InChI=1S/Al.Cr.H3Si.Ti.Y.3H/h;;1H3;;;;;. The zero-order chi connectivity index (χ0) is 2.00. The van der Waals surface area contributed by atoms with Gasteiger partial charge in [0.05, 0.1) is 0 Å². The Bertz CT molecular complexity index is 11.6. The summed E-state index contributed by atoms with van der Waals surface area (Å²) >= 11 is 1.49. The van der Waals surface area contributed by atoms with Crippen molar-refractivity contribution >= 4 is 23.6 Å². The third-order valence-corrected chi connectivity index (χ3v) is 0. The summed E-state index contributed by atoms with van der Waals surface area (Å²) in [4.78, 5) is 0. The van der Waals surface area contributed by atoms with E-state index in [1.54, 1.807) is 0 Å². The Balaban J connectivity index is -0.00000000167. The van der Waals surface area contributed by atoms with E-state index >= 15 is 0 Å². The summed E-state index contributed by atoms with van der Waals surface area (Å²) in [7, 11) is 0. The van der Waals surface area contributed by atoms with Gasteiger partial charge in [0.1, 0.15) is 0 Å². The van der Waals surface area contributed by atoms with Crippen LogP contribution in [0.1, 0.15) is 0 Å². The van der Waals surface area contributed by atoms with Crippen molar-refractivity contribution in [1.29, 1.82) is 0 Å². The summed E-state index contributed by atoms with van der Waals surface area (Å²) in [6, 6.07) is 0. The number of hydrogen-bond donors (Lipinski definition) is 0. The Labute approximate surface area is 90.9 Å². The van der Waals surface area contributed by atoms with Gasteiger partial charge in [-0.1, -0.05) is 0 Å². The van der Waals surface area contributed by atoms with Crippen LogP contribution in [-0.4, -0.2) is 23.6 Å². The van der Waals surface area contributed by atoms with Crippen molar-refractivity contribution < 1.29 is 69.1 Å². The second-order valence-corrected chi connectivity index (χ2v) is 0. The third-order valence-electron chi connectivity index (χ3n) is 0. The van der Waals surface area contributed by atoms with E-state index in [2.05, 4.69) is 0 Å². The average molecular weight is 250 g/mol. The molecule has 0 aromatic heterocycles. The fraction of sp³-hybridized carbons (Fsp3) is 0. The predicted molar refractivity (Wildman–Crippen MR) is 19.9 cm³/mol. The quantitative estimate of drug-likeness (QED) is 0.421. The summed E-state index contributed by atoms with van der Waals surface area (Å²) in [5.41, 5.74) is 0. The molecule has 0 N–H and O–H groups in total. The molecule has 0 bridgehead atoms. The molecule has 0 amide bonds. The summed E-state index contributed by atoms with van der Waals surface area (Å²) in [6.07, 6.45) is 1.44. The predicted octanol–water partition coefficient (Wildman–Crippen LogP) is -2.38. The molecule has 5 heavy (non-hydrogen) atoms. The Morgan fingerprint density at radius 3 is 1.20 bits per heavy atom. The van der Waals surface area contributed by atoms with Crippen molar-refractivity contribution in [3.63, 3.8) is 0 Å². The molecule has 0 aliphatic heterocycles. The molecular formula is H6AlCrSiTiY. The molecule has 0 saturated carbocycles. The van der Waals surface area contributed by atoms with Crippen LogP contribution in [0.2, 0.25) is 0 Å². The Morgan fingerprint density at radius 1 is 1.20 bits per heavy atom. The van der Waals surface area contributed by atoms with E-state index in [1.165, 1.54) is 36.2 Å². The van der Waals surface area contributed by atoms with Crippen LogP contribution in [0.4, 0.5) is 0 Å². The topological polar surface area (TPSA) is 0 Å². The minimum absolute atomic E-state index is 0. The normalized spacial score (nSPS) is 1.40. The van der Waals surface area contributed by atoms with E-state index in [-0.39, 0.29) is 56.4 Å². The van der Waals surface area contributed by atoms with Gasteiger partial charge in [0.2, 0.25) is 0 Å². The molecule has 0 atom stereocenters. The molecule has 0 heterocycles. The summed E-state index contributed by atoms with van der Waals surface area (Å²) < 4.78 is 0. The van der Waals surface area contributed by atoms with Gasteiger partial charge in [0.25, 0.3) is 0 Å². The van der Waals surface area contributed by atoms with Crippen LogP contribution in [-0.2, 0) is 69.1 Å². The molecule has 0 nitrogen and oxygen atoms in total. The second kappa shape index (κ2) is 27.5. The maximum absolute atomic E-state index is 1.49. The molecule has 0 aliphatic carbocycles. The van der Waals surface area contributed by atoms with Crippen LogP contribution >= 0.6 is 0 Å². The molecule has 0 aromatic carbocycles. The van der Waals surface area contributed by atoms with Gasteiger partial charge in [-0.2, -0.15) is 0 Å². The van der Waals surface area contributed by atoms with Crippen LogP contribution in [0.25, 0.3) is 0 Å². The van der Waals surface area contributed by atoms with E-state index < -0.39 is 0 Å².